The number of nitrogen functional groups attached to an aromatic ring is 1. The van der Waals surface area contributed by atoms with Gasteiger partial charge in [-0.1, -0.05) is 29.8 Å². The van der Waals surface area contributed by atoms with Crippen LogP contribution in [0.15, 0.2) is 47.1 Å². The second-order valence-corrected chi connectivity index (χ2v) is 5.20. The second-order valence-electron chi connectivity index (χ2n) is 3.94. The summed E-state index contributed by atoms with van der Waals surface area (Å²) in [5.41, 5.74) is 8.85. The first-order valence-corrected chi connectivity index (χ1v) is 6.51. The molecule has 90 valence electrons. The highest BCUT2D eigenvalue weighted by Crippen LogP contribution is 2.31. The summed E-state index contributed by atoms with van der Waals surface area (Å²) < 4.78 is 2.59. The van der Waals surface area contributed by atoms with Gasteiger partial charge in [0, 0.05) is 10.6 Å². The first-order chi connectivity index (χ1) is 8.66. The number of pyridine rings is 1. The van der Waals surface area contributed by atoms with Gasteiger partial charge >= 0.3 is 0 Å². The van der Waals surface area contributed by atoms with Gasteiger partial charge in [0.1, 0.15) is 5.82 Å². The molecule has 3 rings (SSSR count). The predicted octanol–water partition coefficient (Wildman–Crippen LogP) is 4.00. The zero-order valence-electron chi connectivity index (χ0n) is 9.27. The zero-order valence-corrected chi connectivity index (χ0v) is 11.6. The van der Waals surface area contributed by atoms with Crippen molar-refractivity contribution in [1.82, 2.24) is 9.61 Å². The molecule has 0 atom stereocenters. The summed E-state index contributed by atoms with van der Waals surface area (Å²) in [6.07, 6.45) is 1.72. The van der Waals surface area contributed by atoms with Crippen LogP contribution in [0.4, 0.5) is 5.82 Å². The summed E-state index contributed by atoms with van der Waals surface area (Å²) in [5, 5.41) is 4.89. The number of nitrogens with zero attached hydrogens (tertiary/aromatic N) is 2. The highest BCUT2D eigenvalue weighted by Gasteiger charge is 2.09. The minimum atomic E-state index is 0.577. The van der Waals surface area contributed by atoms with Gasteiger partial charge in [-0.2, -0.15) is 5.10 Å². The van der Waals surface area contributed by atoms with Gasteiger partial charge in [0.05, 0.1) is 16.2 Å². The third kappa shape index (κ3) is 1.78. The van der Waals surface area contributed by atoms with Crippen molar-refractivity contribution in [2.24, 2.45) is 0 Å². The fourth-order valence-electron chi connectivity index (χ4n) is 1.93. The molecule has 5 heteroatoms. The maximum Gasteiger partial charge on any atom is 0.126 e. The molecule has 0 aliphatic heterocycles. The Kier molecular flexibility index (Phi) is 2.76. The van der Waals surface area contributed by atoms with E-state index in [0.717, 1.165) is 21.1 Å². The van der Waals surface area contributed by atoms with Crippen LogP contribution in [0.5, 0.6) is 0 Å². The predicted molar refractivity (Wildman–Crippen MR) is 77.8 cm³/mol. The van der Waals surface area contributed by atoms with Gasteiger partial charge in [-0.15, -0.1) is 0 Å². The largest absolute Gasteiger partial charge is 0.384 e. The van der Waals surface area contributed by atoms with Crippen LogP contribution in [-0.4, -0.2) is 9.61 Å². The molecule has 0 unspecified atom stereocenters. The molecular weight excluding hydrogens is 314 g/mol. The van der Waals surface area contributed by atoms with Crippen LogP contribution in [0.1, 0.15) is 0 Å². The van der Waals surface area contributed by atoms with Gasteiger partial charge in [-0.3, -0.25) is 0 Å². The van der Waals surface area contributed by atoms with Crippen molar-refractivity contribution in [2.45, 2.75) is 0 Å². The van der Waals surface area contributed by atoms with E-state index < -0.39 is 0 Å². The average molecular weight is 323 g/mol. The zero-order chi connectivity index (χ0) is 12.7. The number of anilines is 1. The van der Waals surface area contributed by atoms with Gasteiger partial charge < -0.3 is 5.73 Å². The van der Waals surface area contributed by atoms with E-state index in [1.807, 2.05) is 36.4 Å². The van der Waals surface area contributed by atoms with Crippen LogP contribution in [-0.2, 0) is 0 Å². The molecule has 2 heterocycles. The molecule has 0 fully saturated rings. The molecule has 0 aliphatic carbocycles. The van der Waals surface area contributed by atoms with E-state index in [-0.39, 0.29) is 0 Å². The van der Waals surface area contributed by atoms with Crippen molar-refractivity contribution in [3.8, 4) is 11.1 Å². The molecule has 2 N–H and O–H groups in total. The molecule has 0 amide bonds. The Morgan fingerprint density at radius 3 is 2.78 bits per heavy atom. The van der Waals surface area contributed by atoms with E-state index in [0.29, 0.717) is 10.8 Å². The van der Waals surface area contributed by atoms with Gasteiger partial charge in [0.25, 0.3) is 0 Å². The first-order valence-electron chi connectivity index (χ1n) is 5.34. The standard InChI is InChI=1S/C13H9BrClN3/c14-10-7-17-18-12(10)5-8(6-13(18)16)9-3-1-2-4-11(9)15/h1-7H,16H2. The molecule has 0 saturated carbocycles. The summed E-state index contributed by atoms with van der Waals surface area (Å²) >= 11 is 9.66. The number of rotatable bonds is 1. The minimum Gasteiger partial charge on any atom is -0.384 e. The Labute approximate surface area is 117 Å². The van der Waals surface area contributed by atoms with Crippen molar-refractivity contribution >= 4 is 38.9 Å². The average Bonchev–Trinajstić information content (AvgIpc) is 2.72. The van der Waals surface area contributed by atoms with Crippen molar-refractivity contribution in [2.75, 3.05) is 5.73 Å². The number of fused-ring (bicyclic) bond motifs is 1. The highest BCUT2D eigenvalue weighted by atomic mass is 79.9. The summed E-state index contributed by atoms with van der Waals surface area (Å²) in [5.74, 6) is 0.577. The van der Waals surface area contributed by atoms with E-state index in [1.165, 1.54) is 0 Å². The lowest BCUT2D eigenvalue weighted by Gasteiger charge is -2.07. The Morgan fingerprint density at radius 1 is 1.22 bits per heavy atom. The Hall–Kier alpha value is -1.52. The van der Waals surface area contributed by atoms with E-state index in [1.54, 1.807) is 10.7 Å². The topological polar surface area (TPSA) is 43.3 Å². The van der Waals surface area contributed by atoms with Crippen molar-refractivity contribution < 1.29 is 0 Å². The van der Waals surface area contributed by atoms with E-state index in [2.05, 4.69) is 21.0 Å². The van der Waals surface area contributed by atoms with Crippen LogP contribution < -0.4 is 5.73 Å². The van der Waals surface area contributed by atoms with Gasteiger partial charge in [0.15, 0.2) is 0 Å². The summed E-state index contributed by atoms with van der Waals surface area (Å²) in [6.45, 7) is 0. The van der Waals surface area contributed by atoms with Crippen LogP contribution in [0, 0.1) is 0 Å². The summed E-state index contributed by atoms with van der Waals surface area (Å²) in [7, 11) is 0. The molecule has 18 heavy (non-hydrogen) atoms. The maximum atomic E-state index is 6.20. The van der Waals surface area contributed by atoms with Crippen molar-refractivity contribution in [3.63, 3.8) is 0 Å². The quantitative estimate of drug-likeness (QED) is 0.736. The monoisotopic (exact) mass is 321 g/mol. The van der Waals surface area contributed by atoms with Gasteiger partial charge in [-0.05, 0) is 39.7 Å². The molecule has 0 aliphatic rings. The van der Waals surface area contributed by atoms with Crippen molar-refractivity contribution in [3.05, 3.63) is 52.1 Å². The molecule has 3 aromatic rings. The van der Waals surface area contributed by atoms with Crippen LogP contribution in [0.3, 0.4) is 0 Å². The van der Waals surface area contributed by atoms with E-state index in [9.17, 15) is 0 Å². The van der Waals surface area contributed by atoms with E-state index >= 15 is 0 Å². The molecule has 0 spiro atoms. The Balaban J connectivity index is 2.31. The molecule has 0 radical (unpaired) electrons. The Morgan fingerprint density at radius 2 is 2.00 bits per heavy atom. The van der Waals surface area contributed by atoms with E-state index in [4.69, 9.17) is 17.3 Å². The lowest BCUT2D eigenvalue weighted by molar-refractivity contribution is 0.974. The molecular formula is C13H9BrClN3. The molecule has 0 saturated heterocycles. The van der Waals surface area contributed by atoms with Gasteiger partial charge in [-0.25, -0.2) is 4.52 Å². The molecule has 2 aromatic heterocycles. The fourth-order valence-corrected chi connectivity index (χ4v) is 2.55. The van der Waals surface area contributed by atoms with Crippen LogP contribution >= 0.6 is 27.5 Å². The Bertz CT molecular complexity index is 736. The summed E-state index contributed by atoms with van der Waals surface area (Å²) in [6, 6.07) is 11.6. The smallest absolute Gasteiger partial charge is 0.126 e. The first kappa shape index (κ1) is 11.6. The summed E-state index contributed by atoms with van der Waals surface area (Å²) in [4.78, 5) is 0. The minimum absolute atomic E-state index is 0.577. The maximum absolute atomic E-state index is 6.20. The third-order valence-corrected chi connectivity index (χ3v) is 3.73. The lowest BCUT2D eigenvalue weighted by Crippen LogP contribution is -1.98. The number of halogens is 2. The normalized spacial score (nSPS) is 11.0. The van der Waals surface area contributed by atoms with Crippen molar-refractivity contribution in [1.29, 1.82) is 0 Å². The fraction of sp³-hybridized carbons (Fsp3) is 0. The van der Waals surface area contributed by atoms with Crippen LogP contribution in [0.25, 0.3) is 16.6 Å². The molecule has 1 aromatic carbocycles. The number of hydrogen-bond donors (Lipinski definition) is 1. The number of nitrogens with two attached hydrogens (primary N) is 1. The molecule has 3 nitrogen and oxygen atoms in total. The SMILES string of the molecule is Nc1cc(-c2ccccc2Cl)cc2c(Br)cnn12. The second kappa shape index (κ2) is 4.30. The third-order valence-electron chi connectivity index (χ3n) is 2.78. The van der Waals surface area contributed by atoms with Gasteiger partial charge in [0.2, 0.25) is 0 Å². The number of aromatic nitrogens is 2. The highest BCUT2D eigenvalue weighted by molar-refractivity contribution is 9.10. The molecule has 0 bridgehead atoms. The lowest BCUT2D eigenvalue weighted by atomic mass is 10.1. The number of hydrogen-bond acceptors (Lipinski definition) is 2. The van der Waals surface area contributed by atoms with Crippen LogP contribution in [0.2, 0.25) is 5.02 Å². The number of benzene rings is 1.